The lowest BCUT2D eigenvalue weighted by Gasteiger charge is -2.36. The molecule has 2 aliphatic rings. The second kappa shape index (κ2) is 10.6. The molecule has 190 valence electrons. The Morgan fingerprint density at radius 2 is 1.71 bits per heavy atom. The number of hydrogen-bond donors (Lipinski definition) is 0. The van der Waals surface area contributed by atoms with E-state index in [0.29, 0.717) is 52.4 Å². The highest BCUT2D eigenvalue weighted by Gasteiger charge is 2.36. The molecule has 0 radical (unpaired) electrons. The molecule has 35 heavy (non-hydrogen) atoms. The number of para-hydroxylation sites is 2. The maximum atomic E-state index is 13.6. The van der Waals surface area contributed by atoms with Crippen molar-refractivity contribution in [1.82, 2.24) is 23.9 Å². The van der Waals surface area contributed by atoms with E-state index in [-0.39, 0.29) is 29.6 Å². The number of piperazine rings is 2. The first-order valence-corrected chi connectivity index (χ1v) is 13.4. The molecule has 12 heteroatoms. The van der Waals surface area contributed by atoms with Crippen molar-refractivity contribution in [1.29, 1.82) is 0 Å². The van der Waals surface area contributed by atoms with Crippen LogP contribution in [-0.2, 0) is 21.4 Å². The minimum atomic E-state index is -3.98. The van der Waals surface area contributed by atoms with Gasteiger partial charge < -0.3 is 19.4 Å². The predicted molar refractivity (Wildman–Crippen MR) is 130 cm³/mol. The average molecular weight is 505 g/mol. The molecule has 0 aliphatic carbocycles. The van der Waals surface area contributed by atoms with E-state index < -0.39 is 10.0 Å². The summed E-state index contributed by atoms with van der Waals surface area (Å²) in [4.78, 5) is 29.5. The summed E-state index contributed by atoms with van der Waals surface area (Å²) in [6, 6.07) is 7.73. The second-order valence-corrected chi connectivity index (χ2v) is 10.3. The number of anilines is 1. The fraction of sp³-hybridized carbons (Fsp3) is 0.522. The molecule has 0 atom stereocenters. The number of carbonyl (C=O) groups excluding carboxylic acids is 2. The van der Waals surface area contributed by atoms with Crippen molar-refractivity contribution >= 4 is 28.0 Å². The zero-order valence-corrected chi connectivity index (χ0v) is 21.0. The highest BCUT2D eigenvalue weighted by atomic mass is 32.2. The molecule has 0 N–H and O–H groups in total. The Kier molecular flexibility index (Phi) is 7.60. The van der Waals surface area contributed by atoms with Crippen molar-refractivity contribution in [3.63, 3.8) is 0 Å². The Balaban J connectivity index is 1.52. The van der Waals surface area contributed by atoms with Gasteiger partial charge in [-0.25, -0.2) is 8.42 Å². The van der Waals surface area contributed by atoms with Crippen LogP contribution in [0, 0.1) is 0 Å². The van der Waals surface area contributed by atoms with Gasteiger partial charge in [-0.3, -0.25) is 14.3 Å². The highest BCUT2D eigenvalue weighted by Crippen LogP contribution is 2.30. The normalized spacial score (nSPS) is 17.5. The van der Waals surface area contributed by atoms with Gasteiger partial charge in [-0.1, -0.05) is 12.1 Å². The second-order valence-electron chi connectivity index (χ2n) is 8.43. The summed E-state index contributed by atoms with van der Waals surface area (Å²) in [5, 5.41) is 4.07. The molecular weight excluding hydrogens is 472 g/mol. The Morgan fingerprint density at radius 1 is 1.03 bits per heavy atom. The van der Waals surface area contributed by atoms with Crippen LogP contribution in [0.5, 0.6) is 5.75 Å². The van der Waals surface area contributed by atoms with E-state index >= 15 is 0 Å². The third-order valence-corrected chi connectivity index (χ3v) is 8.20. The lowest BCUT2D eigenvalue weighted by Crippen LogP contribution is -2.50. The third kappa shape index (κ3) is 5.13. The summed E-state index contributed by atoms with van der Waals surface area (Å²) in [6.45, 7) is 7.84. The number of amides is 2. The Hall–Kier alpha value is -3.12. The van der Waals surface area contributed by atoms with Gasteiger partial charge in [0.1, 0.15) is 5.75 Å². The van der Waals surface area contributed by atoms with E-state index in [1.807, 2.05) is 38.1 Å². The number of benzene rings is 1. The molecule has 11 nitrogen and oxygen atoms in total. The largest absolute Gasteiger partial charge is 0.492 e. The van der Waals surface area contributed by atoms with Crippen LogP contribution in [0.4, 0.5) is 5.69 Å². The van der Waals surface area contributed by atoms with Gasteiger partial charge in [0, 0.05) is 65.1 Å². The summed E-state index contributed by atoms with van der Waals surface area (Å²) >= 11 is 0. The maximum absolute atomic E-state index is 13.6. The minimum absolute atomic E-state index is 0.0792. The zero-order chi connectivity index (χ0) is 25.0. The first-order valence-electron chi connectivity index (χ1n) is 11.9. The van der Waals surface area contributed by atoms with E-state index in [9.17, 15) is 18.0 Å². The molecular formula is C23H32N6O5S. The molecule has 2 aromatic rings. The molecule has 2 aliphatic heterocycles. The summed E-state index contributed by atoms with van der Waals surface area (Å²) in [7, 11) is -3.98. The summed E-state index contributed by atoms with van der Waals surface area (Å²) in [6.07, 6.45) is 2.27. The van der Waals surface area contributed by atoms with E-state index in [1.54, 1.807) is 9.80 Å². The van der Waals surface area contributed by atoms with Crippen LogP contribution < -0.4 is 9.64 Å². The van der Waals surface area contributed by atoms with Gasteiger partial charge >= 0.3 is 0 Å². The van der Waals surface area contributed by atoms with Crippen LogP contribution in [0.25, 0.3) is 0 Å². The quantitative estimate of drug-likeness (QED) is 0.488. The molecule has 2 amide bonds. The Morgan fingerprint density at radius 3 is 2.34 bits per heavy atom. The van der Waals surface area contributed by atoms with Crippen molar-refractivity contribution in [2.75, 3.05) is 63.9 Å². The fourth-order valence-corrected chi connectivity index (χ4v) is 5.91. The van der Waals surface area contributed by atoms with Gasteiger partial charge in [-0.05, 0) is 26.0 Å². The lowest BCUT2D eigenvalue weighted by atomic mass is 10.2. The molecule has 0 bridgehead atoms. The van der Waals surface area contributed by atoms with Crippen molar-refractivity contribution in [2.24, 2.45) is 0 Å². The molecule has 0 saturated carbocycles. The number of sulfonamides is 1. The molecule has 3 heterocycles. The van der Waals surface area contributed by atoms with Crippen LogP contribution in [0.2, 0.25) is 0 Å². The summed E-state index contributed by atoms with van der Waals surface area (Å²) in [5.74, 6) is 0.397. The van der Waals surface area contributed by atoms with Gasteiger partial charge in [-0.15, -0.1) is 0 Å². The predicted octanol–water partition coefficient (Wildman–Crippen LogP) is 0.727. The lowest BCUT2D eigenvalue weighted by molar-refractivity contribution is -0.119. The molecule has 1 aromatic heterocycles. The number of nitrogens with zero attached hydrogens (tertiary/aromatic N) is 6. The summed E-state index contributed by atoms with van der Waals surface area (Å²) in [5.41, 5.74) is 1.02. The molecule has 2 saturated heterocycles. The average Bonchev–Trinajstić information content (AvgIpc) is 3.35. The highest BCUT2D eigenvalue weighted by molar-refractivity contribution is 7.89. The molecule has 2 fully saturated rings. The van der Waals surface area contributed by atoms with Crippen molar-refractivity contribution in [3.8, 4) is 5.75 Å². The number of aromatic nitrogens is 2. The number of carbonyl (C=O) groups is 2. The molecule has 4 rings (SSSR count). The SMILES string of the molecule is CCOc1ccccc1N1CCN(S(=O)(=O)c2nn(CC)cc2C(=O)N2CCN(C=O)CC2)CC1. The maximum Gasteiger partial charge on any atom is 0.263 e. The van der Waals surface area contributed by atoms with Crippen molar-refractivity contribution in [2.45, 2.75) is 25.4 Å². The van der Waals surface area contributed by atoms with Crippen LogP contribution in [0.15, 0.2) is 35.5 Å². The minimum Gasteiger partial charge on any atom is -0.492 e. The Labute approximate surface area is 205 Å². The third-order valence-electron chi connectivity index (χ3n) is 6.36. The first-order chi connectivity index (χ1) is 16.9. The van der Waals surface area contributed by atoms with Crippen molar-refractivity contribution in [3.05, 3.63) is 36.0 Å². The van der Waals surface area contributed by atoms with Crippen LogP contribution in [0.3, 0.4) is 0 Å². The van der Waals surface area contributed by atoms with E-state index in [1.165, 1.54) is 15.2 Å². The van der Waals surface area contributed by atoms with Gasteiger partial charge in [0.05, 0.1) is 17.9 Å². The number of aryl methyl sites for hydroxylation is 1. The van der Waals surface area contributed by atoms with Crippen LogP contribution in [-0.4, -0.2) is 104 Å². The fourth-order valence-electron chi connectivity index (χ4n) is 4.39. The van der Waals surface area contributed by atoms with Crippen molar-refractivity contribution < 1.29 is 22.7 Å². The van der Waals surface area contributed by atoms with Gasteiger partial charge in [0.25, 0.3) is 15.9 Å². The van der Waals surface area contributed by atoms with Crippen LogP contribution >= 0.6 is 0 Å². The van der Waals surface area contributed by atoms with Gasteiger partial charge in [-0.2, -0.15) is 9.40 Å². The number of hydrogen-bond acceptors (Lipinski definition) is 7. The van der Waals surface area contributed by atoms with Gasteiger partial charge in [0.15, 0.2) is 0 Å². The number of ether oxygens (including phenoxy) is 1. The van der Waals surface area contributed by atoms with E-state index in [0.717, 1.165) is 17.8 Å². The van der Waals surface area contributed by atoms with Gasteiger partial charge in [0.2, 0.25) is 11.4 Å². The molecule has 0 spiro atoms. The summed E-state index contributed by atoms with van der Waals surface area (Å²) < 4.78 is 35.8. The smallest absolute Gasteiger partial charge is 0.263 e. The Bertz CT molecular complexity index is 1150. The molecule has 0 unspecified atom stereocenters. The van der Waals surface area contributed by atoms with E-state index in [4.69, 9.17) is 4.74 Å². The molecule has 1 aromatic carbocycles. The first kappa shape index (κ1) is 25.0. The monoisotopic (exact) mass is 504 g/mol. The van der Waals surface area contributed by atoms with E-state index in [2.05, 4.69) is 10.00 Å². The standard InChI is InChI=1S/C23H32N6O5S/c1-3-28-17-19(23(31)27-11-9-25(18-30)10-12-27)22(24-28)35(32,33)29-15-13-26(14-16-29)20-7-5-6-8-21(20)34-4-2/h5-8,17-18H,3-4,9-16H2,1-2H3. The number of rotatable bonds is 8. The topological polar surface area (TPSA) is 108 Å². The zero-order valence-electron chi connectivity index (χ0n) is 20.2. The van der Waals surface area contributed by atoms with Crippen LogP contribution in [0.1, 0.15) is 24.2 Å².